The van der Waals surface area contributed by atoms with Crippen molar-refractivity contribution in [2.45, 2.75) is 32.9 Å². The Bertz CT molecular complexity index is 1010. The highest BCUT2D eigenvalue weighted by Gasteiger charge is 2.53. The van der Waals surface area contributed by atoms with Crippen molar-refractivity contribution in [3.63, 3.8) is 0 Å². The number of hydrogen-bond acceptors (Lipinski definition) is 5. The zero-order valence-corrected chi connectivity index (χ0v) is 17.0. The number of carbonyl (C=O) groups is 1. The van der Waals surface area contributed by atoms with E-state index < -0.39 is 23.4 Å². The lowest BCUT2D eigenvalue weighted by Gasteiger charge is -2.46. The summed E-state index contributed by atoms with van der Waals surface area (Å²) in [7, 11) is 1.51. The number of rotatable bonds is 5. The van der Waals surface area contributed by atoms with Gasteiger partial charge in [-0.25, -0.2) is 9.38 Å². The van der Waals surface area contributed by atoms with E-state index >= 15 is 0 Å². The van der Waals surface area contributed by atoms with Gasteiger partial charge in [-0.1, -0.05) is 12.1 Å². The average molecular weight is 420 g/mol. The second kappa shape index (κ2) is 7.55. The fourth-order valence-electron chi connectivity index (χ4n) is 3.47. The fraction of sp³-hybridized carbons (Fsp3) is 0.333. The Balaban J connectivity index is 2.06. The van der Waals surface area contributed by atoms with Crippen LogP contribution in [0.15, 0.2) is 47.5 Å². The van der Waals surface area contributed by atoms with Crippen molar-refractivity contribution in [3.05, 3.63) is 53.8 Å². The second-order valence-corrected chi connectivity index (χ2v) is 7.73. The molecule has 1 amide bonds. The number of ether oxygens (including phenoxy) is 1. The van der Waals surface area contributed by atoms with Crippen LogP contribution in [0.5, 0.6) is 5.75 Å². The van der Waals surface area contributed by atoms with Gasteiger partial charge in [0.1, 0.15) is 17.1 Å². The highest BCUT2D eigenvalue weighted by Crippen LogP contribution is 2.48. The molecule has 0 radical (unpaired) electrons. The molecule has 0 spiro atoms. The van der Waals surface area contributed by atoms with Gasteiger partial charge in [-0.2, -0.15) is 8.78 Å². The number of para-hydroxylation sites is 2. The molecule has 0 bridgehead atoms. The third kappa shape index (κ3) is 3.55. The Hall–Kier alpha value is -3.23. The van der Waals surface area contributed by atoms with Crippen LogP contribution in [0.3, 0.4) is 0 Å². The number of alkyl halides is 2. The van der Waals surface area contributed by atoms with E-state index in [0.29, 0.717) is 5.69 Å². The molecule has 1 heterocycles. The lowest BCUT2D eigenvalue weighted by atomic mass is 9.67. The summed E-state index contributed by atoms with van der Waals surface area (Å²) in [5.74, 6) is -0.940. The molecule has 1 aliphatic rings. The number of amides is 1. The Morgan fingerprint density at radius 1 is 1.17 bits per heavy atom. The first-order valence-corrected chi connectivity index (χ1v) is 9.22. The predicted octanol–water partition coefficient (Wildman–Crippen LogP) is 4.20. The summed E-state index contributed by atoms with van der Waals surface area (Å²) < 4.78 is 44.8. The van der Waals surface area contributed by atoms with E-state index in [1.54, 1.807) is 39.0 Å². The van der Waals surface area contributed by atoms with E-state index in [0.717, 1.165) is 0 Å². The smallest absolute Gasteiger partial charge is 0.387 e. The van der Waals surface area contributed by atoms with Gasteiger partial charge in [0, 0.05) is 18.3 Å². The number of carbonyl (C=O) groups excluding carboxylic acids is 1. The number of guanidine groups is 1. The van der Waals surface area contributed by atoms with Crippen molar-refractivity contribution >= 4 is 23.2 Å². The maximum atomic E-state index is 14.9. The lowest BCUT2D eigenvalue weighted by molar-refractivity contribution is -0.140. The first-order valence-electron chi connectivity index (χ1n) is 9.22. The molecule has 1 aliphatic heterocycles. The van der Waals surface area contributed by atoms with Crippen LogP contribution in [-0.2, 0) is 10.3 Å². The fourth-order valence-corrected chi connectivity index (χ4v) is 3.47. The van der Waals surface area contributed by atoms with Gasteiger partial charge in [-0.3, -0.25) is 9.69 Å². The van der Waals surface area contributed by atoms with Gasteiger partial charge in [-0.05, 0) is 51.1 Å². The van der Waals surface area contributed by atoms with Gasteiger partial charge in [0.15, 0.2) is 5.96 Å². The Morgan fingerprint density at radius 2 is 1.83 bits per heavy atom. The van der Waals surface area contributed by atoms with Gasteiger partial charge in [0.25, 0.3) is 0 Å². The summed E-state index contributed by atoms with van der Waals surface area (Å²) >= 11 is 0. The minimum atomic E-state index is -2.99. The topological polar surface area (TPSA) is 80.0 Å². The third-order valence-corrected chi connectivity index (χ3v) is 5.61. The molecule has 6 nitrogen and oxygen atoms in total. The first-order chi connectivity index (χ1) is 14.0. The van der Waals surface area contributed by atoms with Crippen molar-refractivity contribution in [1.29, 1.82) is 0 Å². The SMILES string of the molecule is CN1C(=O)C(C)(C)[C@@](C)(c2cc(Nc3ccccc3OC(F)F)ccc2F)N=C1N. The number of anilines is 2. The van der Waals surface area contributed by atoms with Crippen LogP contribution in [0.2, 0.25) is 0 Å². The molecule has 0 unspecified atom stereocenters. The van der Waals surface area contributed by atoms with Crippen LogP contribution in [0.25, 0.3) is 0 Å². The number of nitrogens with two attached hydrogens (primary N) is 1. The number of nitrogens with one attached hydrogen (secondary N) is 1. The summed E-state index contributed by atoms with van der Waals surface area (Å²) in [5.41, 5.74) is 4.36. The molecule has 160 valence electrons. The van der Waals surface area contributed by atoms with Crippen LogP contribution < -0.4 is 15.8 Å². The lowest BCUT2D eigenvalue weighted by Crippen LogP contribution is -2.58. The zero-order valence-electron chi connectivity index (χ0n) is 17.0. The first kappa shape index (κ1) is 21.5. The summed E-state index contributed by atoms with van der Waals surface area (Å²) in [4.78, 5) is 18.5. The molecule has 0 saturated carbocycles. The van der Waals surface area contributed by atoms with Gasteiger partial charge in [-0.15, -0.1) is 0 Å². The molecular formula is C21H23F3N4O2. The van der Waals surface area contributed by atoms with Crippen LogP contribution in [0, 0.1) is 11.2 Å². The molecule has 3 rings (SSSR count). The number of aliphatic imine (C=N–C) groups is 1. The molecule has 0 fully saturated rings. The van der Waals surface area contributed by atoms with Gasteiger partial charge < -0.3 is 15.8 Å². The molecule has 30 heavy (non-hydrogen) atoms. The number of hydrogen-bond donors (Lipinski definition) is 2. The van der Waals surface area contributed by atoms with Crippen LogP contribution in [-0.4, -0.2) is 30.4 Å². The van der Waals surface area contributed by atoms with Gasteiger partial charge in [0.2, 0.25) is 5.91 Å². The molecular weight excluding hydrogens is 397 g/mol. The molecule has 0 aromatic heterocycles. The van der Waals surface area contributed by atoms with Crippen molar-refractivity contribution in [1.82, 2.24) is 4.90 Å². The molecule has 3 N–H and O–H groups in total. The van der Waals surface area contributed by atoms with Crippen molar-refractivity contribution in [3.8, 4) is 5.75 Å². The minimum Gasteiger partial charge on any atom is -0.433 e. The molecule has 9 heteroatoms. The standard InChI is InChI=1S/C21H23F3N4O2/c1-20(2)17(29)28(4)19(25)27-21(20,3)13-11-12(9-10-14(13)22)26-15-7-5-6-8-16(15)30-18(23)24/h5-11,18,26H,1-4H3,(H2,25,27)/t21-/m1/s1. The molecule has 2 aromatic carbocycles. The Labute approximate surface area is 172 Å². The van der Waals surface area contributed by atoms with Crippen LogP contribution in [0.1, 0.15) is 26.3 Å². The Kier molecular flexibility index (Phi) is 5.40. The maximum Gasteiger partial charge on any atom is 0.387 e. The second-order valence-electron chi connectivity index (χ2n) is 7.73. The Morgan fingerprint density at radius 3 is 2.50 bits per heavy atom. The molecule has 0 saturated heterocycles. The minimum absolute atomic E-state index is 0.0183. The highest BCUT2D eigenvalue weighted by atomic mass is 19.3. The number of benzene rings is 2. The highest BCUT2D eigenvalue weighted by molar-refractivity contribution is 6.01. The maximum absolute atomic E-state index is 14.9. The zero-order chi connectivity index (χ0) is 22.3. The molecule has 0 aliphatic carbocycles. The molecule has 1 atom stereocenters. The average Bonchev–Trinajstić information content (AvgIpc) is 2.68. The van der Waals surface area contributed by atoms with E-state index in [-0.39, 0.29) is 28.9 Å². The van der Waals surface area contributed by atoms with E-state index in [9.17, 15) is 18.0 Å². The van der Waals surface area contributed by atoms with Crippen molar-refractivity contribution < 1.29 is 22.7 Å². The van der Waals surface area contributed by atoms with Crippen molar-refractivity contribution in [2.75, 3.05) is 12.4 Å². The normalized spacial score (nSPS) is 20.9. The van der Waals surface area contributed by atoms with Gasteiger partial charge >= 0.3 is 6.61 Å². The van der Waals surface area contributed by atoms with E-state index in [1.165, 1.54) is 36.2 Å². The summed E-state index contributed by atoms with van der Waals surface area (Å²) in [6.07, 6.45) is 0. The van der Waals surface area contributed by atoms with E-state index in [1.807, 2.05) is 0 Å². The summed E-state index contributed by atoms with van der Waals surface area (Å²) in [5, 5.41) is 2.96. The predicted molar refractivity (Wildman–Crippen MR) is 108 cm³/mol. The van der Waals surface area contributed by atoms with E-state index in [2.05, 4.69) is 15.0 Å². The third-order valence-electron chi connectivity index (χ3n) is 5.61. The van der Waals surface area contributed by atoms with Crippen molar-refractivity contribution in [2.24, 2.45) is 16.1 Å². The monoisotopic (exact) mass is 420 g/mol. The molecule has 2 aromatic rings. The largest absolute Gasteiger partial charge is 0.433 e. The van der Waals surface area contributed by atoms with Gasteiger partial charge in [0.05, 0.1) is 11.1 Å². The summed E-state index contributed by atoms with van der Waals surface area (Å²) in [6.45, 7) is 2.00. The quantitative estimate of drug-likeness (QED) is 0.760. The van der Waals surface area contributed by atoms with Crippen LogP contribution >= 0.6 is 0 Å². The summed E-state index contributed by atoms with van der Waals surface area (Å²) in [6, 6.07) is 10.3. The van der Waals surface area contributed by atoms with Crippen LogP contribution in [0.4, 0.5) is 24.5 Å². The van der Waals surface area contributed by atoms with E-state index in [4.69, 9.17) is 5.73 Å². The number of nitrogens with zero attached hydrogens (tertiary/aromatic N) is 2. The number of halogens is 3.